The standard InChI is InChI=1S/C18H15FN2O2.CH3NO/c19-14-5-3-4-12(10-14)17-20-15-11-13(6-7-16(15)23-17)18(22)21-8-1-2-9-21;2-1-3/h3-7,10-11H,1-2,8-9H2;1H,(H2,2,3). The summed E-state index contributed by atoms with van der Waals surface area (Å²) < 4.78 is 19.0. The highest BCUT2D eigenvalue weighted by Crippen LogP contribution is 2.26. The number of aromatic nitrogens is 1. The molecule has 0 spiro atoms. The van der Waals surface area contributed by atoms with Crippen LogP contribution in [-0.2, 0) is 4.79 Å². The Labute approximate surface area is 149 Å². The molecule has 2 heterocycles. The number of halogens is 1. The molecule has 0 bridgehead atoms. The second-order valence-corrected chi connectivity index (χ2v) is 5.85. The van der Waals surface area contributed by atoms with Gasteiger partial charge >= 0.3 is 0 Å². The Hall–Kier alpha value is -3.22. The van der Waals surface area contributed by atoms with Crippen molar-refractivity contribution in [3.8, 4) is 11.5 Å². The number of rotatable bonds is 2. The molecule has 1 aliphatic rings. The maximum absolute atomic E-state index is 13.3. The van der Waals surface area contributed by atoms with Gasteiger partial charge in [-0.05, 0) is 49.2 Å². The van der Waals surface area contributed by atoms with E-state index >= 15 is 0 Å². The van der Waals surface area contributed by atoms with Crippen LogP contribution in [0.2, 0.25) is 0 Å². The van der Waals surface area contributed by atoms with E-state index in [2.05, 4.69) is 10.7 Å². The van der Waals surface area contributed by atoms with Crippen LogP contribution in [-0.4, -0.2) is 35.3 Å². The first-order valence-corrected chi connectivity index (χ1v) is 8.23. The van der Waals surface area contributed by atoms with E-state index in [1.165, 1.54) is 12.1 Å². The molecule has 1 saturated heterocycles. The summed E-state index contributed by atoms with van der Waals surface area (Å²) in [6.07, 6.45) is 2.36. The summed E-state index contributed by atoms with van der Waals surface area (Å²) in [7, 11) is 0. The highest BCUT2D eigenvalue weighted by molar-refractivity contribution is 5.97. The molecule has 2 amide bonds. The van der Waals surface area contributed by atoms with Crippen LogP contribution in [0.4, 0.5) is 4.39 Å². The number of hydrogen-bond donors (Lipinski definition) is 1. The third kappa shape index (κ3) is 3.72. The second kappa shape index (κ2) is 7.77. The number of benzene rings is 2. The van der Waals surface area contributed by atoms with Gasteiger partial charge in [0, 0.05) is 24.2 Å². The normalized spacial score (nSPS) is 13.3. The Bertz CT molecular complexity index is 933. The summed E-state index contributed by atoms with van der Waals surface area (Å²) >= 11 is 0. The highest BCUT2D eigenvalue weighted by atomic mass is 19.1. The lowest BCUT2D eigenvalue weighted by Crippen LogP contribution is -2.27. The van der Waals surface area contributed by atoms with Crippen molar-refractivity contribution in [1.82, 2.24) is 9.88 Å². The molecule has 2 aromatic carbocycles. The van der Waals surface area contributed by atoms with Gasteiger partial charge in [-0.15, -0.1) is 0 Å². The van der Waals surface area contributed by atoms with E-state index in [4.69, 9.17) is 9.21 Å². The van der Waals surface area contributed by atoms with Crippen molar-refractivity contribution in [1.29, 1.82) is 0 Å². The molecule has 1 aliphatic heterocycles. The number of carbonyl (C=O) groups is 2. The number of amides is 2. The van der Waals surface area contributed by atoms with Crippen LogP contribution in [0.3, 0.4) is 0 Å². The van der Waals surface area contributed by atoms with Crippen LogP contribution in [0.15, 0.2) is 46.9 Å². The predicted octanol–water partition coefficient (Wildman–Crippen LogP) is 2.97. The summed E-state index contributed by atoms with van der Waals surface area (Å²) in [6.45, 7) is 1.62. The van der Waals surface area contributed by atoms with Gasteiger partial charge in [-0.25, -0.2) is 9.37 Å². The largest absolute Gasteiger partial charge is 0.436 e. The van der Waals surface area contributed by atoms with Gasteiger partial charge in [0.15, 0.2) is 5.58 Å². The molecule has 7 heteroatoms. The van der Waals surface area contributed by atoms with Crippen molar-refractivity contribution in [2.75, 3.05) is 13.1 Å². The first-order valence-electron chi connectivity index (χ1n) is 8.23. The first kappa shape index (κ1) is 17.6. The van der Waals surface area contributed by atoms with Gasteiger partial charge in [-0.3, -0.25) is 9.59 Å². The molecule has 2 N–H and O–H groups in total. The Morgan fingerprint density at radius 3 is 2.62 bits per heavy atom. The average molecular weight is 355 g/mol. The minimum absolute atomic E-state index is 0.0275. The van der Waals surface area contributed by atoms with Crippen LogP contribution in [0.1, 0.15) is 23.2 Å². The van der Waals surface area contributed by atoms with Gasteiger partial charge < -0.3 is 15.1 Å². The number of carbonyl (C=O) groups excluding carboxylic acids is 2. The number of hydrogen-bond acceptors (Lipinski definition) is 4. The topological polar surface area (TPSA) is 89.4 Å². The lowest BCUT2D eigenvalue weighted by atomic mass is 10.2. The molecule has 6 nitrogen and oxygen atoms in total. The third-order valence-corrected chi connectivity index (χ3v) is 4.10. The molecule has 4 rings (SSSR count). The van der Waals surface area contributed by atoms with Crippen molar-refractivity contribution < 1.29 is 18.4 Å². The van der Waals surface area contributed by atoms with Crippen molar-refractivity contribution >= 4 is 23.4 Å². The maximum Gasteiger partial charge on any atom is 0.253 e. The fourth-order valence-corrected chi connectivity index (χ4v) is 2.91. The summed E-state index contributed by atoms with van der Waals surface area (Å²) in [5, 5.41) is 0. The van der Waals surface area contributed by atoms with Crippen molar-refractivity contribution in [2.45, 2.75) is 12.8 Å². The van der Waals surface area contributed by atoms with Gasteiger partial charge in [0.1, 0.15) is 11.3 Å². The fraction of sp³-hybridized carbons (Fsp3) is 0.211. The molecular formula is C19H18FN3O3. The van der Waals surface area contributed by atoms with Gasteiger partial charge in [-0.2, -0.15) is 0 Å². The molecule has 3 aromatic rings. The molecule has 0 atom stereocenters. The van der Waals surface area contributed by atoms with E-state index in [1.807, 2.05) is 4.90 Å². The lowest BCUT2D eigenvalue weighted by molar-refractivity contribution is -0.106. The average Bonchev–Trinajstić information content (AvgIpc) is 3.31. The van der Waals surface area contributed by atoms with Gasteiger partial charge in [0.25, 0.3) is 5.91 Å². The number of likely N-dealkylation sites (tertiary alicyclic amines) is 1. The number of fused-ring (bicyclic) bond motifs is 1. The molecule has 26 heavy (non-hydrogen) atoms. The number of oxazole rings is 1. The van der Waals surface area contributed by atoms with Gasteiger partial charge in [0.2, 0.25) is 12.3 Å². The Morgan fingerprint density at radius 2 is 1.92 bits per heavy atom. The van der Waals surface area contributed by atoms with E-state index in [0.29, 0.717) is 28.1 Å². The van der Waals surface area contributed by atoms with Gasteiger partial charge in [-0.1, -0.05) is 6.07 Å². The summed E-state index contributed by atoms with van der Waals surface area (Å²) in [4.78, 5) is 27.3. The Balaban J connectivity index is 0.000000613. The predicted molar refractivity (Wildman–Crippen MR) is 94.8 cm³/mol. The zero-order chi connectivity index (χ0) is 18.5. The lowest BCUT2D eigenvalue weighted by Gasteiger charge is -2.14. The molecule has 1 fully saturated rings. The third-order valence-electron chi connectivity index (χ3n) is 4.10. The zero-order valence-electron chi connectivity index (χ0n) is 14.0. The molecule has 0 aliphatic carbocycles. The Morgan fingerprint density at radius 1 is 1.19 bits per heavy atom. The van der Waals surface area contributed by atoms with Gasteiger partial charge in [0.05, 0.1) is 0 Å². The second-order valence-electron chi connectivity index (χ2n) is 5.85. The van der Waals surface area contributed by atoms with Crippen LogP contribution >= 0.6 is 0 Å². The molecule has 134 valence electrons. The Kier molecular flexibility index (Phi) is 5.26. The quantitative estimate of drug-likeness (QED) is 0.716. The summed E-state index contributed by atoms with van der Waals surface area (Å²) in [5.74, 6) is 0.0413. The van der Waals surface area contributed by atoms with E-state index in [9.17, 15) is 9.18 Å². The zero-order valence-corrected chi connectivity index (χ0v) is 14.0. The minimum Gasteiger partial charge on any atom is -0.436 e. The monoisotopic (exact) mass is 355 g/mol. The van der Waals surface area contributed by atoms with Crippen molar-refractivity contribution in [2.24, 2.45) is 5.73 Å². The van der Waals surface area contributed by atoms with Crippen LogP contribution in [0, 0.1) is 5.82 Å². The van der Waals surface area contributed by atoms with Crippen LogP contribution < -0.4 is 5.73 Å². The van der Waals surface area contributed by atoms with Crippen molar-refractivity contribution in [3.05, 3.63) is 53.8 Å². The smallest absolute Gasteiger partial charge is 0.253 e. The van der Waals surface area contributed by atoms with Crippen LogP contribution in [0.25, 0.3) is 22.6 Å². The molecule has 0 unspecified atom stereocenters. The highest BCUT2D eigenvalue weighted by Gasteiger charge is 2.20. The van der Waals surface area contributed by atoms with E-state index < -0.39 is 0 Å². The fourth-order valence-electron chi connectivity index (χ4n) is 2.91. The summed E-state index contributed by atoms with van der Waals surface area (Å²) in [5.41, 5.74) is 6.55. The molecule has 0 saturated carbocycles. The number of nitrogens with two attached hydrogens (primary N) is 1. The minimum atomic E-state index is -0.338. The molecule has 0 radical (unpaired) electrons. The van der Waals surface area contributed by atoms with Crippen molar-refractivity contribution in [3.63, 3.8) is 0 Å². The number of nitrogens with zero attached hydrogens (tertiary/aromatic N) is 2. The molecular weight excluding hydrogens is 337 g/mol. The van der Waals surface area contributed by atoms with E-state index in [0.717, 1.165) is 25.9 Å². The first-order chi connectivity index (χ1) is 12.6. The number of primary amides is 1. The van der Waals surface area contributed by atoms with Crippen LogP contribution in [0.5, 0.6) is 0 Å². The molecule has 1 aromatic heterocycles. The van der Waals surface area contributed by atoms with E-state index in [1.54, 1.807) is 30.3 Å². The SMILES string of the molecule is NC=O.O=C(c1ccc2oc(-c3cccc(F)c3)nc2c1)N1CCCC1. The maximum atomic E-state index is 13.3. The summed E-state index contributed by atoms with van der Waals surface area (Å²) in [6, 6.07) is 11.3. The van der Waals surface area contributed by atoms with E-state index in [-0.39, 0.29) is 18.1 Å².